The number of hydrogen-bond acceptors (Lipinski definition) is 8. The van der Waals surface area contributed by atoms with Crippen LogP contribution >= 0.6 is 0 Å². The van der Waals surface area contributed by atoms with Gasteiger partial charge in [-0.1, -0.05) is 30.3 Å². The second-order valence-corrected chi connectivity index (χ2v) is 10.5. The number of carboxylic acid groups (broad SMARTS) is 1. The Bertz CT molecular complexity index is 1390. The van der Waals surface area contributed by atoms with Gasteiger partial charge in [0.15, 0.2) is 6.04 Å². The number of unbranched alkanes of at least 4 members (excludes halogenated alkanes) is 1. The maximum Gasteiger partial charge on any atom is 0.328 e. The van der Waals surface area contributed by atoms with Crippen molar-refractivity contribution in [2.75, 3.05) is 6.54 Å². The first kappa shape index (κ1) is 33.0. The number of amides is 3. The van der Waals surface area contributed by atoms with Crippen molar-refractivity contribution in [2.24, 2.45) is 11.5 Å². The van der Waals surface area contributed by atoms with Crippen molar-refractivity contribution in [3.8, 4) is 5.75 Å². The molecule has 13 nitrogen and oxygen atoms in total. The number of H-pyrrole nitrogens is 1. The van der Waals surface area contributed by atoms with Crippen LogP contribution in [0.4, 0.5) is 0 Å². The molecule has 3 amide bonds. The smallest absolute Gasteiger partial charge is 0.328 e. The van der Waals surface area contributed by atoms with Crippen molar-refractivity contribution in [1.82, 2.24) is 20.9 Å². The number of phenols is 1. The summed E-state index contributed by atoms with van der Waals surface area (Å²) in [5.74, 6) is -3.42. The summed E-state index contributed by atoms with van der Waals surface area (Å²) in [6.45, 7) is 1.58. The van der Waals surface area contributed by atoms with Crippen LogP contribution in [-0.2, 0) is 32.0 Å². The lowest BCUT2D eigenvalue weighted by molar-refractivity contribution is -0.145. The molecular weight excluding hydrogens is 556 g/mol. The van der Waals surface area contributed by atoms with Gasteiger partial charge in [-0.3, -0.25) is 14.4 Å². The predicted octanol–water partition coefficient (Wildman–Crippen LogP) is 0.0348. The van der Waals surface area contributed by atoms with Crippen LogP contribution in [0.2, 0.25) is 0 Å². The molecule has 0 saturated carbocycles. The topological polar surface area (TPSA) is 233 Å². The van der Waals surface area contributed by atoms with Gasteiger partial charge in [-0.15, -0.1) is 0 Å². The van der Waals surface area contributed by atoms with Gasteiger partial charge in [-0.2, -0.15) is 0 Å². The molecule has 43 heavy (non-hydrogen) atoms. The van der Waals surface area contributed by atoms with Crippen LogP contribution in [0, 0.1) is 0 Å². The fourth-order valence-corrected chi connectivity index (χ4v) is 4.66. The number of phenolic OH excluding ortho intramolecular Hbond substituents is 1. The van der Waals surface area contributed by atoms with E-state index in [0.717, 1.165) is 16.5 Å². The number of aliphatic carboxylic acids is 1. The number of aromatic hydroxyl groups is 1. The van der Waals surface area contributed by atoms with Gasteiger partial charge in [0.25, 0.3) is 0 Å². The zero-order valence-corrected chi connectivity index (χ0v) is 24.0. The molecule has 3 rings (SSSR count). The van der Waals surface area contributed by atoms with E-state index in [1.54, 1.807) is 18.3 Å². The molecule has 3 aromatic rings. The molecule has 0 saturated heterocycles. The monoisotopic (exact) mass is 596 g/mol. The minimum Gasteiger partial charge on any atom is -0.508 e. The van der Waals surface area contributed by atoms with Crippen LogP contribution in [0.1, 0.15) is 37.3 Å². The van der Waals surface area contributed by atoms with Crippen molar-refractivity contribution < 1.29 is 34.5 Å². The number of hydrogen-bond donors (Lipinski definition) is 9. The fraction of sp³-hybridized carbons (Fsp3) is 0.400. The molecule has 0 radical (unpaired) electrons. The number of aliphatic hydroxyl groups excluding tert-OH is 1. The van der Waals surface area contributed by atoms with Crippen molar-refractivity contribution in [2.45, 2.75) is 69.3 Å². The third kappa shape index (κ3) is 9.53. The second kappa shape index (κ2) is 15.7. The van der Waals surface area contributed by atoms with Crippen molar-refractivity contribution >= 4 is 34.6 Å². The lowest BCUT2D eigenvalue weighted by Crippen LogP contribution is -2.58. The van der Waals surface area contributed by atoms with Gasteiger partial charge in [-0.25, -0.2) is 4.79 Å². The highest BCUT2D eigenvalue weighted by molar-refractivity contribution is 5.95. The number of nitrogens with two attached hydrogens (primary N) is 2. The number of para-hydroxylation sites is 1. The summed E-state index contributed by atoms with van der Waals surface area (Å²) in [6.07, 6.45) is 1.72. The summed E-state index contributed by atoms with van der Waals surface area (Å²) in [6, 6.07) is 8.79. The number of carbonyl (C=O) groups excluding carboxylic acids is 3. The van der Waals surface area contributed by atoms with Crippen molar-refractivity contribution in [1.29, 1.82) is 0 Å². The molecule has 0 spiro atoms. The predicted molar refractivity (Wildman–Crippen MR) is 160 cm³/mol. The lowest BCUT2D eigenvalue weighted by Gasteiger charge is -2.26. The van der Waals surface area contributed by atoms with E-state index < -0.39 is 54.0 Å². The SMILES string of the molecule is CC(O)C(NC(=O)C(CCCCN)NC(=O)C(Cc1c[nH]c2ccccc12)NC(=O)C(N)Cc1ccc(O)cc1)C(=O)O. The Morgan fingerprint density at radius 1 is 0.884 bits per heavy atom. The molecule has 0 aliphatic heterocycles. The van der Waals surface area contributed by atoms with E-state index in [1.807, 2.05) is 24.3 Å². The Balaban J connectivity index is 1.83. The van der Waals surface area contributed by atoms with Gasteiger partial charge in [0.1, 0.15) is 17.8 Å². The Morgan fingerprint density at radius 3 is 2.19 bits per heavy atom. The number of aromatic amines is 1. The average Bonchev–Trinajstić information content (AvgIpc) is 3.38. The Kier molecular flexibility index (Phi) is 12.0. The minimum absolute atomic E-state index is 0.0656. The van der Waals surface area contributed by atoms with Gasteiger partial charge in [0.05, 0.1) is 12.1 Å². The zero-order valence-electron chi connectivity index (χ0n) is 24.0. The molecule has 11 N–H and O–H groups in total. The van der Waals surface area contributed by atoms with Gasteiger partial charge in [0, 0.05) is 23.5 Å². The maximum absolute atomic E-state index is 13.7. The molecule has 0 aliphatic rings. The van der Waals surface area contributed by atoms with Gasteiger partial charge in [-0.05, 0) is 68.5 Å². The normalized spacial score (nSPS) is 14.7. The number of aromatic nitrogens is 1. The number of nitrogens with one attached hydrogen (secondary N) is 4. The molecule has 2 aromatic carbocycles. The zero-order chi connectivity index (χ0) is 31.5. The lowest BCUT2D eigenvalue weighted by atomic mass is 10.0. The summed E-state index contributed by atoms with van der Waals surface area (Å²) in [5.41, 5.74) is 14.1. The van der Waals surface area contributed by atoms with E-state index in [4.69, 9.17) is 11.5 Å². The second-order valence-electron chi connectivity index (χ2n) is 10.5. The highest BCUT2D eigenvalue weighted by Gasteiger charge is 2.32. The van der Waals surface area contributed by atoms with Gasteiger partial charge < -0.3 is 47.7 Å². The Hall–Kier alpha value is -4.46. The van der Waals surface area contributed by atoms with E-state index in [-0.39, 0.29) is 25.0 Å². The molecule has 0 aliphatic carbocycles. The summed E-state index contributed by atoms with van der Waals surface area (Å²) in [5, 5.41) is 37.3. The Morgan fingerprint density at radius 2 is 1.53 bits per heavy atom. The van der Waals surface area contributed by atoms with E-state index in [0.29, 0.717) is 24.9 Å². The standard InChI is InChI=1S/C30H40N6O7/c1-17(37)26(30(42)43)36-28(40)24(8-4-5-13-31)34-29(41)25(15-19-16-33-23-7-3-2-6-21(19)23)35-27(39)22(32)14-18-9-11-20(38)12-10-18/h2-3,6-7,9-12,16-17,22,24-26,33,37-38H,4-5,8,13-15,31-32H2,1H3,(H,34,41)(H,35,39)(H,36,40)(H,42,43). The highest BCUT2D eigenvalue weighted by atomic mass is 16.4. The van der Waals surface area contributed by atoms with Crippen LogP contribution in [0.3, 0.4) is 0 Å². The third-order valence-corrected chi connectivity index (χ3v) is 7.09. The van der Waals surface area contributed by atoms with E-state index in [1.165, 1.54) is 19.1 Å². The molecule has 0 bridgehead atoms. The molecule has 13 heteroatoms. The Labute approximate surface area is 249 Å². The highest BCUT2D eigenvalue weighted by Crippen LogP contribution is 2.20. The molecule has 5 unspecified atom stereocenters. The quantitative estimate of drug-likeness (QED) is 0.101. The van der Waals surface area contributed by atoms with Crippen molar-refractivity contribution in [3.63, 3.8) is 0 Å². The van der Waals surface area contributed by atoms with Crippen LogP contribution in [0.15, 0.2) is 54.7 Å². The van der Waals surface area contributed by atoms with Crippen LogP contribution in [0.5, 0.6) is 5.75 Å². The first-order chi connectivity index (χ1) is 20.5. The number of carbonyl (C=O) groups is 4. The van der Waals surface area contributed by atoms with Crippen molar-refractivity contribution in [3.05, 3.63) is 65.9 Å². The van der Waals surface area contributed by atoms with E-state index in [9.17, 15) is 34.5 Å². The third-order valence-electron chi connectivity index (χ3n) is 7.09. The average molecular weight is 597 g/mol. The van der Waals surface area contributed by atoms with E-state index in [2.05, 4.69) is 20.9 Å². The summed E-state index contributed by atoms with van der Waals surface area (Å²) in [4.78, 5) is 54.7. The number of aliphatic hydroxyl groups is 1. The number of rotatable bonds is 16. The summed E-state index contributed by atoms with van der Waals surface area (Å²) in [7, 11) is 0. The maximum atomic E-state index is 13.7. The summed E-state index contributed by atoms with van der Waals surface area (Å²) < 4.78 is 0. The molecule has 5 atom stereocenters. The van der Waals surface area contributed by atoms with Crippen LogP contribution < -0.4 is 27.4 Å². The first-order valence-corrected chi connectivity index (χ1v) is 14.1. The largest absolute Gasteiger partial charge is 0.508 e. The number of benzene rings is 2. The van der Waals surface area contributed by atoms with E-state index >= 15 is 0 Å². The molecule has 0 fully saturated rings. The molecular formula is C30H40N6O7. The molecule has 1 aromatic heterocycles. The van der Waals surface area contributed by atoms with Crippen LogP contribution in [-0.4, -0.2) is 80.8 Å². The van der Waals surface area contributed by atoms with Gasteiger partial charge >= 0.3 is 5.97 Å². The van der Waals surface area contributed by atoms with Crippen LogP contribution in [0.25, 0.3) is 10.9 Å². The first-order valence-electron chi connectivity index (χ1n) is 14.1. The molecule has 232 valence electrons. The molecule has 1 heterocycles. The number of carboxylic acids is 1. The summed E-state index contributed by atoms with van der Waals surface area (Å²) >= 11 is 0. The number of fused-ring (bicyclic) bond motifs is 1. The van der Waals surface area contributed by atoms with Gasteiger partial charge in [0.2, 0.25) is 17.7 Å². The minimum atomic E-state index is -1.58. The fourth-order valence-electron chi connectivity index (χ4n) is 4.66.